The minimum absolute atomic E-state index is 0.141. The van der Waals surface area contributed by atoms with E-state index in [2.05, 4.69) is 17.4 Å². The highest BCUT2D eigenvalue weighted by Crippen LogP contribution is 2.33. The lowest BCUT2D eigenvalue weighted by Crippen LogP contribution is -2.17. The Bertz CT molecular complexity index is 673. The molecule has 0 heterocycles. The number of nitrogens with zero attached hydrogens (tertiary/aromatic N) is 1. The van der Waals surface area contributed by atoms with Crippen molar-refractivity contribution in [2.24, 2.45) is 0 Å². The molecule has 1 aliphatic rings. The van der Waals surface area contributed by atoms with Crippen molar-refractivity contribution >= 4 is 5.69 Å². The van der Waals surface area contributed by atoms with Crippen LogP contribution in [0.2, 0.25) is 0 Å². The Labute approximate surface area is 117 Å². The van der Waals surface area contributed by atoms with Gasteiger partial charge in [-0.1, -0.05) is 24.3 Å². The summed E-state index contributed by atoms with van der Waals surface area (Å²) >= 11 is 0. The van der Waals surface area contributed by atoms with Crippen molar-refractivity contribution in [3.63, 3.8) is 0 Å². The Morgan fingerprint density at radius 1 is 1.20 bits per heavy atom. The number of rotatable bonds is 2. The SMILES string of the molecule is N#Cc1ccc(NC2CCCc3ccccc32)c(F)c1. The fourth-order valence-electron chi connectivity index (χ4n) is 2.79. The molecule has 1 aliphatic carbocycles. The predicted molar refractivity (Wildman–Crippen MR) is 76.9 cm³/mol. The van der Waals surface area contributed by atoms with Crippen LogP contribution >= 0.6 is 0 Å². The summed E-state index contributed by atoms with van der Waals surface area (Å²) in [6.07, 6.45) is 3.19. The number of hydrogen-bond acceptors (Lipinski definition) is 2. The predicted octanol–water partition coefficient (Wildman–Crippen LogP) is 4.19. The third kappa shape index (κ3) is 2.37. The van der Waals surface area contributed by atoms with Gasteiger partial charge < -0.3 is 5.32 Å². The van der Waals surface area contributed by atoms with Crippen LogP contribution < -0.4 is 5.32 Å². The lowest BCUT2D eigenvalue weighted by atomic mass is 9.87. The molecule has 0 aliphatic heterocycles. The van der Waals surface area contributed by atoms with Gasteiger partial charge in [-0.25, -0.2) is 4.39 Å². The van der Waals surface area contributed by atoms with Crippen LogP contribution in [-0.4, -0.2) is 0 Å². The molecule has 100 valence electrons. The maximum Gasteiger partial charge on any atom is 0.147 e. The van der Waals surface area contributed by atoms with Gasteiger partial charge in [0.1, 0.15) is 5.82 Å². The first-order valence-electron chi connectivity index (χ1n) is 6.82. The van der Waals surface area contributed by atoms with Crippen LogP contribution in [0, 0.1) is 17.1 Å². The first-order chi connectivity index (χ1) is 9.78. The highest BCUT2D eigenvalue weighted by Gasteiger charge is 2.20. The Morgan fingerprint density at radius 3 is 2.85 bits per heavy atom. The fourth-order valence-corrected chi connectivity index (χ4v) is 2.79. The Morgan fingerprint density at radius 2 is 2.05 bits per heavy atom. The molecule has 1 unspecified atom stereocenters. The van der Waals surface area contributed by atoms with Gasteiger partial charge in [0.2, 0.25) is 0 Å². The van der Waals surface area contributed by atoms with Gasteiger partial charge in [-0.15, -0.1) is 0 Å². The summed E-state index contributed by atoms with van der Waals surface area (Å²) in [5, 5.41) is 12.0. The molecule has 0 amide bonds. The minimum atomic E-state index is -0.368. The van der Waals surface area contributed by atoms with Crippen LogP contribution in [0.15, 0.2) is 42.5 Å². The summed E-state index contributed by atoms with van der Waals surface area (Å²) in [5.74, 6) is -0.368. The van der Waals surface area contributed by atoms with Gasteiger partial charge in [-0.05, 0) is 48.6 Å². The van der Waals surface area contributed by atoms with E-state index >= 15 is 0 Å². The number of fused-ring (bicyclic) bond motifs is 1. The Kier molecular flexibility index (Phi) is 3.39. The van der Waals surface area contributed by atoms with Crippen molar-refractivity contribution in [2.75, 3.05) is 5.32 Å². The molecule has 2 aromatic carbocycles. The lowest BCUT2D eigenvalue weighted by molar-refractivity contribution is 0.586. The number of anilines is 1. The normalized spacial score (nSPS) is 17.1. The van der Waals surface area contributed by atoms with Gasteiger partial charge in [0.25, 0.3) is 0 Å². The number of benzene rings is 2. The topological polar surface area (TPSA) is 35.8 Å². The first kappa shape index (κ1) is 12.7. The summed E-state index contributed by atoms with van der Waals surface area (Å²) in [6.45, 7) is 0. The molecule has 0 bridgehead atoms. The quantitative estimate of drug-likeness (QED) is 0.884. The molecular weight excluding hydrogens is 251 g/mol. The molecule has 0 fully saturated rings. The summed E-state index contributed by atoms with van der Waals surface area (Å²) in [4.78, 5) is 0. The first-order valence-corrected chi connectivity index (χ1v) is 6.82. The van der Waals surface area contributed by atoms with Crippen molar-refractivity contribution in [3.05, 3.63) is 65.0 Å². The van der Waals surface area contributed by atoms with E-state index in [4.69, 9.17) is 5.26 Å². The van der Waals surface area contributed by atoms with E-state index in [-0.39, 0.29) is 11.9 Å². The summed E-state index contributed by atoms with van der Waals surface area (Å²) in [6, 6.07) is 15.0. The number of hydrogen-bond donors (Lipinski definition) is 1. The van der Waals surface area contributed by atoms with Crippen molar-refractivity contribution in [3.8, 4) is 6.07 Å². The average Bonchev–Trinajstić information content (AvgIpc) is 2.49. The molecule has 0 aromatic heterocycles. The highest BCUT2D eigenvalue weighted by atomic mass is 19.1. The smallest absolute Gasteiger partial charge is 0.147 e. The number of nitrogens with one attached hydrogen (secondary N) is 1. The van der Waals surface area contributed by atoms with E-state index in [1.54, 1.807) is 12.1 Å². The Balaban J connectivity index is 1.88. The molecule has 0 spiro atoms. The minimum Gasteiger partial charge on any atom is -0.376 e. The average molecular weight is 266 g/mol. The van der Waals surface area contributed by atoms with Crippen molar-refractivity contribution in [2.45, 2.75) is 25.3 Å². The van der Waals surface area contributed by atoms with Crippen molar-refractivity contribution in [1.29, 1.82) is 5.26 Å². The molecule has 0 saturated carbocycles. The van der Waals surface area contributed by atoms with Gasteiger partial charge in [-0.3, -0.25) is 0 Å². The van der Waals surface area contributed by atoms with Gasteiger partial charge in [0.15, 0.2) is 0 Å². The molecule has 3 heteroatoms. The van der Waals surface area contributed by atoms with Gasteiger partial charge in [-0.2, -0.15) is 5.26 Å². The van der Waals surface area contributed by atoms with Crippen LogP contribution in [0.25, 0.3) is 0 Å². The van der Waals surface area contributed by atoms with Gasteiger partial charge in [0.05, 0.1) is 23.4 Å². The molecule has 1 atom stereocenters. The number of aryl methyl sites for hydroxylation is 1. The molecule has 2 aromatic rings. The van der Waals surface area contributed by atoms with E-state index in [9.17, 15) is 4.39 Å². The third-order valence-electron chi connectivity index (χ3n) is 3.80. The van der Waals surface area contributed by atoms with Gasteiger partial charge in [0, 0.05) is 0 Å². The van der Waals surface area contributed by atoms with Crippen LogP contribution in [0.5, 0.6) is 0 Å². The zero-order chi connectivity index (χ0) is 13.9. The third-order valence-corrected chi connectivity index (χ3v) is 3.80. The molecule has 2 nitrogen and oxygen atoms in total. The second kappa shape index (κ2) is 5.34. The zero-order valence-corrected chi connectivity index (χ0v) is 11.1. The van der Waals surface area contributed by atoms with Crippen LogP contribution in [0.4, 0.5) is 10.1 Å². The van der Waals surface area contributed by atoms with Crippen LogP contribution in [0.3, 0.4) is 0 Å². The fraction of sp³-hybridized carbons (Fsp3) is 0.235. The second-order valence-corrected chi connectivity index (χ2v) is 5.09. The van der Waals surface area contributed by atoms with E-state index < -0.39 is 0 Å². The number of halogens is 1. The Hall–Kier alpha value is -2.34. The van der Waals surface area contributed by atoms with E-state index in [0.717, 1.165) is 19.3 Å². The maximum absolute atomic E-state index is 14.0. The lowest BCUT2D eigenvalue weighted by Gasteiger charge is -2.27. The summed E-state index contributed by atoms with van der Waals surface area (Å²) < 4.78 is 14.0. The monoisotopic (exact) mass is 266 g/mol. The highest BCUT2D eigenvalue weighted by molar-refractivity contribution is 5.51. The maximum atomic E-state index is 14.0. The van der Waals surface area contributed by atoms with Crippen molar-refractivity contribution < 1.29 is 4.39 Å². The second-order valence-electron chi connectivity index (χ2n) is 5.09. The molecule has 0 radical (unpaired) electrons. The summed E-state index contributed by atoms with van der Waals surface area (Å²) in [5.41, 5.74) is 3.40. The number of nitriles is 1. The van der Waals surface area contributed by atoms with E-state index in [0.29, 0.717) is 11.3 Å². The summed E-state index contributed by atoms with van der Waals surface area (Å²) in [7, 11) is 0. The molecular formula is C17H15FN2. The van der Waals surface area contributed by atoms with Gasteiger partial charge >= 0.3 is 0 Å². The van der Waals surface area contributed by atoms with Crippen molar-refractivity contribution in [1.82, 2.24) is 0 Å². The van der Waals surface area contributed by atoms with E-state index in [1.807, 2.05) is 18.2 Å². The molecule has 0 saturated heterocycles. The van der Waals surface area contributed by atoms with E-state index in [1.165, 1.54) is 17.2 Å². The van der Waals surface area contributed by atoms with Crippen LogP contribution in [-0.2, 0) is 6.42 Å². The largest absolute Gasteiger partial charge is 0.376 e. The molecule has 3 rings (SSSR count). The molecule has 20 heavy (non-hydrogen) atoms. The standard InChI is InChI=1S/C17H15FN2/c18-15-10-12(11-19)8-9-17(15)20-16-7-3-5-13-4-1-2-6-14(13)16/h1-2,4,6,8-10,16,20H,3,5,7H2. The zero-order valence-electron chi connectivity index (χ0n) is 11.1. The molecule has 1 N–H and O–H groups in total. The van der Waals surface area contributed by atoms with Crippen LogP contribution in [0.1, 0.15) is 35.6 Å².